The highest BCUT2D eigenvalue weighted by atomic mass is 19.4. The number of hydrogen-bond donors (Lipinski definition) is 0. The number of nitrogens with zero attached hydrogens (tertiary/aromatic N) is 2. The number of carbonyl (C=O) groups excluding carboxylic acids is 1. The number of benzene rings is 3. The first-order chi connectivity index (χ1) is 15.8. The van der Waals surface area contributed by atoms with Gasteiger partial charge in [0.05, 0.1) is 5.56 Å². The van der Waals surface area contributed by atoms with Crippen molar-refractivity contribution in [2.75, 3.05) is 6.54 Å². The van der Waals surface area contributed by atoms with Crippen molar-refractivity contribution in [2.24, 2.45) is 0 Å². The molecule has 4 nitrogen and oxygen atoms in total. The molecule has 0 spiro atoms. The molecule has 168 valence electrons. The van der Waals surface area contributed by atoms with Crippen molar-refractivity contribution in [3.05, 3.63) is 89.3 Å². The van der Waals surface area contributed by atoms with E-state index in [4.69, 9.17) is 4.42 Å². The summed E-state index contributed by atoms with van der Waals surface area (Å²) >= 11 is 0. The molecule has 4 aromatic rings. The molecule has 1 unspecified atom stereocenters. The number of aromatic nitrogens is 1. The third kappa shape index (κ3) is 4.11. The van der Waals surface area contributed by atoms with Crippen LogP contribution in [0.1, 0.15) is 46.3 Å². The lowest BCUT2D eigenvalue weighted by Gasteiger charge is -2.22. The van der Waals surface area contributed by atoms with Crippen molar-refractivity contribution in [3.63, 3.8) is 0 Å². The van der Waals surface area contributed by atoms with Crippen LogP contribution >= 0.6 is 0 Å². The number of alkyl halides is 3. The topological polar surface area (TPSA) is 46.3 Å². The number of carbonyl (C=O) groups is 1. The minimum atomic E-state index is -4.50. The summed E-state index contributed by atoms with van der Waals surface area (Å²) in [4.78, 5) is 19.3. The number of fused-ring (bicyclic) bond motifs is 1. The summed E-state index contributed by atoms with van der Waals surface area (Å²) in [7, 11) is 0. The van der Waals surface area contributed by atoms with Gasteiger partial charge in [0.25, 0.3) is 5.91 Å². The number of halogens is 3. The average Bonchev–Trinajstić information content (AvgIpc) is 3.44. The molecule has 0 bridgehead atoms. The Bertz CT molecular complexity index is 1340. The Morgan fingerprint density at radius 1 is 1.03 bits per heavy atom. The SMILES string of the molecule is Cc1cccc(-c2ccc3oc(C4CCCN4C(=O)c4cccc(C(F)(F)F)c4)nc3c2)c1. The van der Waals surface area contributed by atoms with E-state index in [1.807, 2.05) is 43.3 Å². The van der Waals surface area contributed by atoms with Crippen LogP contribution in [0.3, 0.4) is 0 Å². The number of hydrogen-bond acceptors (Lipinski definition) is 3. The third-order valence-electron chi connectivity index (χ3n) is 5.99. The largest absolute Gasteiger partial charge is 0.438 e. The van der Waals surface area contributed by atoms with Crippen LogP contribution in [0.2, 0.25) is 0 Å². The predicted molar refractivity (Wildman–Crippen MR) is 119 cm³/mol. The summed E-state index contributed by atoms with van der Waals surface area (Å²) in [5.41, 5.74) is 3.70. The van der Waals surface area contributed by atoms with Crippen LogP contribution in [0.15, 0.2) is 71.1 Å². The molecule has 1 saturated heterocycles. The van der Waals surface area contributed by atoms with E-state index < -0.39 is 23.7 Å². The zero-order chi connectivity index (χ0) is 23.2. The Labute approximate surface area is 188 Å². The quantitative estimate of drug-likeness (QED) is 0.345. The van der Waals surface area contributed by atoms with Gasteiger partial charge in [-0.25, -0.2) is 4.98 Å². The highest BCUT2D eigenvalue weighted by molar-refractivity contribution is 5.95. The number of aryl methyl sites for hydroxylation is 1. The number of likely N-dealkylation sites (tertiary alicyclic amines) is 1. The molecule has 1 aromatic heterocycles. The summed E-state index contributed by atoms with van der Waals surface area (Å²) in [6, 6.07) is 18.0. The van der Waals surface area contributed by atoms with Gasteiger partial charge in [0, 0.05) is 12.1 Å². The number of rotatable bonds is 3. The van der Waals surface area contributed by atoms with Crippen LogP contribution in [0.5, 0.6) is 0 Å². The van der Waals surface area contributed by atoms with Gasteiger partial charge in [-0.1, -0.05) is 42.0 Å². The van der Waals surface area contributed by atoms with E-state index in [0.717, 1.165) is 35.2 Å². The monoisotopic (exact) mass is 450 g/mol. The zero-order valence-electron chi connectivity index (χ0n) is 17.9. The third-order valence-corrected chi connectivity index (χ3v) is 5.99. The van der Waals surface area contributed by atoms with Crippen molar-refractivity contribution in [3.8, 4) is 11.1 Å². The maximum absolute atomic E-state index is 13.1. The molecule has 0 aliphatic carbocycles. The normalized spacial score (nSPS) is 16.5. The van der Waals surface area contributed by atoms with E-state index in [0.29, 0.717) is 30.0 Å². The Hall–Kier alpha value is -3.61. The molecule has 1 amide bonds. The first-order valence-corrected chi connectivity index (χ1v) is 10.8. The van der Waals surface area contributed by atoms with Crippen LogP contribution in [-0.2, 0) is 6.18 Å². The van der Waals surface area contributed by atoms with Gasteiger partial charge >= 0.3 is 6.18 Å². The van der Waals surface area contributed by atoms with Gasteiger partial charge in [0.2, 0.25) is 5.89 Å². The summed E-state index contributed by atoms with van der Waals surface area (Å²) in [5.74, 6) is -0.0458. The Kier molecular flexibility index (Phi) is 5.19. The van der Waals surface area contributed by atoms with Crippen LogP contribution in [-0.4, -0.2) is 22.3 Å². The highest BCUT2D eigenvalue weighted by Crippen LogP contribution is 2.36. The Balaban J connectivity index is 1.45. The highest BCUT2D eigenvalue weighted by Gasteiger charge is 2.36. The molecular weight excluding hydrogens is 429 g/mol. The Morgan fingerprint density at radius 3 is 2.61 bits per heavy atom. The zero-order valence-corrected chi connectivity index (χ0v) is 17.9. The fourth-order valence-corrected chi connectivity index (χ4v) is 4.35. The second-order valence-electron chi connectivity index (χ2n) is 8.34. The first kappa shape index (κ1) is 21.2. The van der Waals surface area contributed by atoms with Gasteiger partial charge in [-0.2, -0.15) is 13.2 Å². The van der Waals surface area contributed by atoms with Crippen molar-refractivity contribution in [1.82, 2.24) is 9.88 Å². The predicted octanol–water partition coefficient (Wildman–Crippen LogP) is 6.80. The number of amides is 1. The smallest absolute Gasteiger partial charge is 0.416 e. The molecular formula is C26H21F3N2O2. The van der Waals surface area contributed by atoms with Gasteiger partial charge in [-0.15, -0.1) is 0 Å². The summed E-state index contributed by atoms with van der Waals surface area (Å²) in [6.07, 6.45) is -3.14. The average molecular weight is 450 g/mol. The van der Waals surface area contributed by atoms with Crippen molar-refractivity contribution >= 4 is 17.0 Å². The summed E-state index contributed by atoms with van der Waals surface area (Å²) in [5, 5.41) is 0. The standard InChI is InChI=1S/C26H21F3N2O2/c1-16-5-2-6-17(13-16)18-10-11-23-21(15-18)30-24(33-23)22-9-4-12-31(22)25(32)19-7-3-8-20(14-19)26(27,28)29/h2-3,5-8,10-11,13-15,22H,4,9,12H2,1H3. The van der Waals surface area contributed by atoms with Gasteiger partial charge in [-0.05, 0) is 61.2 Å². The Morgan fingerprint density at radius 2 is 1.82 bits per heavy atom. The summed E-state index contributed by atoms with van der Waals surface area (Å²) in [6.45, 7) is 2.47. The second kappa shape index (κ2) is 8.06. The van der Waals surface area contributed by atoms with E-state index in [9.17, 15) is 18.0 Å². The van der Waals surface area contributed by atoms with E-state index >= 15 is 0 Å². The fourth-order valence-electron chi connectivity index (χ4n) is 4.35. The van der Waals surface area contributed by atoms with Gasteiger partial charge in [0.1, 0.15) is 11.6 Å². The molecule has 0 N–H and O–H groups in total. The molecule has 1 fully saturated rings. The molecule has 3 aromatic carbocycles. The molecule has 1 atom stereocenters. The van der Waals surface area contributed by atoms with Crippen LogP contribution < -0.4 is 0 Å². The lowest BCUT2D eigenvalue weighted by Crippen LogP contribution is -2.31. The van der Waals surface area contributed by atoms with Gasteiger partial charge in [-0.3, -0.25) is 4.79 Å². The molecule has 7 heteroatoms. The van der Waals surface area contributed by atoms with E-state index in [-0.39, 0.29) is 5.56 Å². The van der Waals surface area contributed by atoms with Crippen molar-refractivity contribution < 1.29 is 22.4 Å². The van der Waals surface area contributed by atoms with Crippen LogP contribution in [0, 0.1) is 6.92 Å². The van der Waals surface area contributed by atoms with Crippen molar-refractivity contribution in [1.29, 1.82) is 0 Å². The van der Waals surface area contributed by atoms with E-state index in [2.05, 4.69) is 11.1 Å². The van der Waals surface area contributed by atoms with Gasteiger partial charge in [0.15, 0.2) is 5.58 Å². The summed E-state index contributed by atoms with van der Waals surface area (Å²) < 4.78 is 45.3. The molecule has 1 aliphatic heterocycles. The lowest BCUT2D eigenvalue weighted by atomic mass is 10.0. The van der Waals surface area contributed by atoms with E-state index in [1.165, 1.54) is 12.1 Å². The van der Waals surface area contributed by atoms with Crippen LogP contribution in [0.25, 0.3) is 22.2 Å². The number of oxazole rings is 1. The van der Waals surface area contributed by atoms with E-state index in [1.54, 1.807) is 4.90 Å². The second-order valence-corrected chi connectivity index (χ2v) is 8.34. The minimum Gasteiger partial charge on any atom is -0.438 e. The molecule has 0 radical (unpaired) electrons. The van der Waals surface area contributed by atoms with Gasteiger partial charge < -0.3 is 9.32 Å². The fraction of sp³-hybridized carbons (Fsp3) is 0.231. The van der Waals surface area contributed by atoms with Crippen LogP contribution in [0.4, 0.5) is 13.2 Å². The molecule has 2 heterocycles. The lowest BCUT2D eigenvalue weighted by molar-refractivity contribution is -0.137. The maximum Gasteiger partial charge on any atom is 0.416 e. The molecule has 1 aliphatic rings. The maximum atomic E-state index is 13.1. The van der Waals surface area contributed by atoms with Crippen molar-refractivity contribution in [2.45, 2.75) is 32.0 Å². The molecule has 33 heavy (non-hydrogen) atoms. The molecule has 0 saturated carbocycles. The molecule has 5 rings (SSSR count). The minimum absolute atomic E-state index is 0.00886. The first-order valence-electron chi connectivity index (χ1n) is 10.8.